The van der Waals surface area contributed by atoms with Gasteiger partial charge in [0, 0.05) is 5.41 Å². The SMILES string of the molecule is CC(C)(c1ccc2oc(=O)n(-c3ccccc3)c(=O)c2c1)c1ccc2oc(=O)n(-c3ccccc3)c(=O)c2c1. The first-order valence-electron chi connectivity index (χ1n) is 12.3. The molecule has 0 aliphatic heterocycles. The van der Waals surface area contributed by atoms with Gasteiger partial charge in [-0.15, -0.1) is 0 Å². The lowest BCUT2D eigenvalue weighted by Gasteiger charge is -2.26. The number of hydrogen-bond acceptors (Lipinski definition) is 6. The van der Waals surface area contributed by atoms with Gasteiger partial charge in [-0.3, -0.25) is 9.59 Å². The molecule has 0 amide bonds. The van der Waals surface area contributed by atoms with Crippen molar-refractivity contribution in [3.63, 3.8) is 0 Å². The van der Waals surface area contributed by atoms with Crippen molar-refractivity contribution in [1.82, 2.24) is 9.13 Å². The van der Waals surface area contributed by atoms with Gasteiger partial charge >= 0.3 is 11.5 Å². The molecule has 8 heteroatoms. The van der Waals surface area contributed by atoms with Crippen LogP contribution < -0.4 is 22.6 Å². The summed E-state index contributed by atoms with van der Waals surface area (Å²) in [4.78, 5) is 52.0. The summed E-state index contributed by atoms with van der Waals surface area (Å²) in [7, 11) is 0. The Morgan fingerprint density at radius 1 is 0.538 bits per heavy atom. The largest absolute Gasteiger partial charge is 0.426 e. The van der Waals surface area contributed by atoms with Crippen molar-refractivity contribution in [2.75, 3.05) is 0 Å². The molecule has 0 spiro atoms. The minimum atomic E-state index is -0.767. The maximum atomic E-state index is 13.4. The monoisotopic (exact) mass is 518 g/mol. The van der Waals surface area contributed by atoms with E-state index in [1.165, 1.54) is 0 Å². The van der Waals surface area contributed by atoms with Crippen molar-refractivity contribution in [1.29, 1.82) is 0 Å². The van der Waals surface area contributed by atoms with Crippen molar-refractivity contribution in [2.24, 2.45) is 0 Å². The molecular formula is C31H22N2O6. The molecule has 0 N–H and O–H groups in total. The number of nitrogens with zero attached hydrogens (tertiary/aromatic N) is 2. The Hall–Kier alpha value is -5.24. The predicted octanol–water partition coefficient (Wildman–Crippen LogP) is 4.53. The van der Waals surface area contributed by atoms with Crippen molar-refractivity contribution < 1.29 is 8.83 Å². The summed E-state index contributed by atoms with van der Waals surface area (Å²) in [5.41, 5.74) is 1.06. The lowest BCUT2D eigenvalue weighted by Crippen LogP contribution is -2.31. The standard InChI is InChI=1S/C31H22N2O6/c1-31(2,19-13-15-25-23(17-19)27(34)32(29(36)38-25)21-9-5-3-6-10-21)20-14-16-26-24(18-20)28(35)33(30(37)39-26)22-11-7-4-8-12-22/h3-18H,1-2H3. The van der Waals surface area contributed by atoms with Crippen molar-refractivity contribution in [3.05, 3.63) is 150 Å². The molecule has 4 aromatic carbocycles. The van der Waals surface area contributed by atoms with E-state index in [2.05, 4.69) is 0 Å². The van der Waals surface area contributed by atoms with Gasteiger partial charge in [0.1, 0.15) is 11.2 Å². The maximum Gasteiger partial charge on any atom is 0.426 e. The van der Waals surface area contributed by atoms with Crippen molar-refractivity contribution in [2.45, 2.75) is 19.3 Å². The molecule has 39 heavy (non-hydrogen) atoms. The molecule has 6 rings (SSSR count). The van der Waals surface area contributed by atoms with Gasteiger partial charge in [0.2, 0.25) is 0 Å². The first-order valence-corrected chi connectivity index (χ1v) is 12.3. The van der Waals surface area contributed by atoms with Crippen molar-refractivity contribution >= 4 is 21.9 Å². The van der Waals surface area contributed by atoms with E-state index in [9.17, 15) is 19.2 Å². The van der Waals surface area contributed by atoms with E-state index in [1.54, 1.807) is 97.1 Å². The molecule has 0 atom stereocenters. The molecular weight excluding hydrogens is 496 g/mol. The Morgan fingerprint density at radius 3 is 1.31 bits per heavy atom. The van der Waals surface area contributed by atoms with Gasteiger partial charge in [0.05, 0.1) is 22.1 Å². The third kappa shape index (κ3) is 3.93. The van der Waals surface area contributed by atoms with Crippen LogP contribution in [0.1, 0.15) is 25.0 Å². The molecule has 192 valence electrons. The highest BCUT2D eigenvalue weighted by molar-refractivity contribution is 5.79. The third-order valence-corrected chi connectivity index (χ3v) is 7.06. The number of aromatic nitrogens is 2. The molecule has 0 aliphatic rings. The minimum Gasteiger partial charge on any atom is -0.409 e. The summed E-state index contributed by atoms with van der Waals surface area (Å²) in [6, 6.07) is 27.4. The zero-order valence-corrected chi connectivity index (χ0v) is 21.1. The number of hydrogen-bond donors (Lipinski definition) is 0. The zero-order valence-electron chi connectivity index (χ0n) is 21.1. The van der Waals surface area contributed by atoms with Crippen LogP contribution >= 0.6 is 0 Å². The summed E-state index contributed by atoms with van der Waals surface area (Å²) in [6.45, 7) is 3.91. The van der Waals surface area contributed by atoms with E-state index in [-0.39, 0.29) is 21.9 Å². The first-order chi connectivity index (χ1) is 18.8. The molecule has 0 radical (unpaired) electrons. The summed E-state index contributed by atoms with van der Waals surface area (Å²) >= 11 is 0. The van der Waals surface area contributed by atoms with Gasteiger partial charge in [0.15, 0.2) is 0 Å². The summed E-state index contributed by atoms with van der Waals surface area (Å²) < 4.78 is 12.9. The smallest absolute Gasteiger partial charge is 0.409 e. The average Bonchev–Trinajstić information content (AvgIpc) is 2.94. The molecule has 2 aromatic heterocycles. The van der Waals surface area contributed by atoms with Crippen LogP contribution in [0, 0.1) is 0 Å². The van der Waals surface area contributed by atoms with Crippen LogP contribution in [0.25, 0.3) is 33.3 Å². The number of para-hydroxylation sites is 2. The van der Waals surface area contributed by atoms with Gasteiger partial charge in [-0.05, 0) is 59.7 Å². The Balaban J connectivity index is 1.52. The van der Waals surface area contributed by atoms with Crippen LogP contribution in [0.15, 0.2) is 125 Å². The highest BCUT2D eigenvalue weighted by Gasteiger charge is 2.26. The fraction of sp³-hybridized carbons (Fsp3) is 0.0968. The summed E-state index contributed by atoms with van der Waals surface area (Å²) in [5, 5.41) is 0.504. The van der Waals surface area contributed by atoms with Crippen LogP contribution in [-0.2, 0) is 5.41 Å². The molecule has 6 aromatic rings. The van der Waals surface area contributed by atoms with Gasteiger partial charge in [-0.25, -0.2) is 18.7 Å². The fourth-order valence-corrected chi connectivity index (χ4v) is 4.80. The minimum absolute atomic E-state index is 0.183. The van der Waals surface area contributed by atoms with Crippen molar-refractivity contribution in [3.8, 4) is 11.4 Å². The second-order valence-electron chi connectivity index (χ2n) is 9.74. The fourth-order valence-electron chi connectivity index (χ4n) is 4.80. The quantitative estimate of drug-likeness (QED) is 0.340. The number of rotatable bonds is 4. The first kappa shape index (κ1) is 24.1. The van der Waals surface area contributed by atoms with E-state index in [1.807, 2.05) is 13.8 Å². The molecule has 0 fully saturated rings. The maximum absolute atomic E-state index is 13.4. The lowest BCUT2D eigenvalue weighted by molar-refractivity contribution is 0.503. The Labute approximate surface area is 220 Å². The zero-order chi connectivity index (χ0) is 27.3. The van der Waals surface area contributed by atoms with Crippen LogP contribution in [0.4, 0.5) is 0 Å². The molecule has 2 heterocycles. The van der Waals surface area contributed by atoms with E-state index in [4.69, 9.17) is 8.83 Å². The Kier molecular flexibility index (Phi) is 5.54. The normalized spacial score (nSPS) is 11.7. The average molecular weight is 519 g/mol. The van der Waals surface area contributed by atoms with Gasteiger partial charge in [-0.1, -0.05) is 62.4 Å². The van der Waals surface area contributed by atoms with Crippen LogP contribution in [-0.4, -0.2) is 9.13 Å². The Bertz CT molecular complexity index is 1970. The van der Waals surface area contributed by atoms with Crippen LogP contribution in [0.5, 0.6) is 0 Å². The number of benzene rings is 4. The molecule has 8 nitrogen and oxygen atoms in total. The summed E-state index contributed by atoms with van der Waals surface area (Å²) in [6.07, 6.45) is 0. The Morgan fingerprint density at radius 2 is 0.923 bits per heavy atom. The highest BCUT2D eigenvalue weighted by atomic mass is 16.4. The van der Waals surface area contributed by atoms with Crippen LogP contribution in [0.2, 0.25) is 0 Å². The molecule has 0 saturated heterocycles. The number of fused-ring (bicyclic) bond motifs is 2. The third-order valence-electron chi connectivity index (χ3n) is 7.06. The predicted molar refractivity (Wildman–Crippen MR) is 148 cm³/mol. The second-order valence-corrected chi connectivity index (χ2v) is 9.74. The topological polar surface area (TPSA) is 104 Å². The second kappa shape index (κ2) is 8.95. The van der Waals surface area contributed by atoms with E-state index in [0.717, 1.165) is 20.3 Å². The van der Waals surface area contributed by atoms with E-state index >= 15 is 0 Å². The molecule has 0 bridgehead atoms. The van der Waals surface area contributed by atoms with E-state index < -0.39 is 28.0 Å². The summed E-state index contributed by atoms with van der Waals surface area (Å²) in [5.74, 6) is -1.53. The van der Waals surface area contributed by atoms with Gasteiger partial charge < -0.3 is 8.83 Å². The highest BCUT2D eigenvalue weighted by Crippen LogP contribution is 2.33. The van der Waals surface area contributed by atoms with Gasteiger partial charge in [-0.2, -0.15) is 0 Å². The van der Waals surface area contributed by atoms with Gasteiger partial charge in [0.25, 0.3) is 11.1 Å². The molecule has 0 aliphatic carbocycles. The lowest BCUT2D eigenvalue weighted by atomic mass is 9.77. The molecule has 0 unspecified atom stereocenters. The van der Waals surface area contributed by atoms with E-state index in [0.29, 0.717) is 11.4 Å². The van der Waals surface area contributed by atoms with Crippen LogP contribution in [0.3, 0.4) is 0 Å². The molecule has 0 saturated carbocycles.